The summed E-state index contributed by atoms with van der Waals surface area (Å²) < 4.78 is 1.76. The molecule has 1 aliphatic carbocycles. The first-order valence-corrected chi connectivity index (χ1v) is 6.56. The minimum absolute atomic E-state index is 0.00192. The van der Waals surface area contributed by atoms with E-state index < -0.39 is 5.97 Å². The summed E-state index contributed by atoms with van der Waals surface area (Å²) in [5.41, 5.74) is 6.21. The highest BCUT2D eigenvalue weighted by molar-refractivity contribution is 5.86. The van der Waals surface area contributed by atoms with E-state index in [2.05, 4.69) is 17.2 Å². The van der Waals surface area contributed by atoms with E-state index in [1.807, 2.05) is 0 Å². The van der Waals surface area contributed by atoms with Crippen molar-refractivity contribution < 1.29 is 9.90 Å². The summed E-state index contributed by atoms with van der Waals surface area (Å²) in [7, 11) is 0. The average molecular weight is 252 g/mol. The van der Waals surface area contributed by atoms with Crippen LogP contribution in [-0.4, -0.2) is 26.1 Å². The molecule has 1 aromatic rings. The molecule has 2 atom stereocenters. The summed E-state index contributed by atoms with van der Waals surface area (Å²) in [5, 5.41) is 16.9. The summed E-state index contributed by atoms with van der Waals surface area (Å²) >= 11 is 0. The molecule has 0 spiro atoms. The zero-order valence-electron chi connectivity index (χ0n) is 10.7. The molecule has 0 saturated heterocycles. The zero-order valence-corrected chi connectivity index (χ0v) is 10.7. The van der Waals surface area contributed by atoms with Gasteiger partial charge in [0, 0.05) is 6.54 Å². The minimum atomic E-state index is -1.05. The molecule has 2 unspecified atom stereocenters. The van der Waals surface area contributed by atoms with E-state index in [0.29, 0.717) is 11.6 Å². The van der Waals surface area contributed by atoms with Gasteiger partial charge in [-0.15, -0.1) is 5.10 Å². The zero-order chi connectivity index (χ0) is 13.1. The lowest BCUT2D eigenvalue weighted by Gasteiger charge is -2.31. The van der Waals surface area contributed by atoms with Gasteiger partial charge in [-0.2, -0.15) is 0 Å². The van der Waals surface area contributed by atoms with Crippen LogP contribution < -0.4 is 5.73 Å². The van der Waals surface area contributed by atoms with Crippen LogP contribution in [0.4, 0.5) is 0 Å². The number of rotatable bonds is 4. The number of carboxylic acids is 1. The molecule has 0 bridgehead atoms. The van der Waals surface area contributed by atoms with E-state index in [9.17, 15) is 4.79 Å². The van der Waals surface area contributed by atoms with Crippen molar-refractivity contribution in [3.8, 4) is 0 Å². The smallest absolute Gasteiger partial charge is 0.358 e. The fraction of sp³-hybridized carbons (Fsp3) is 0.750. The number of aromatic nitrogens is 3. The fourth-order valence-corrected chi connectivity index (χ4v) is 2.92. The maximum atomic E-state index is 11.1. The van der Waals surface area contributed by atoms with Crippen molar-refractivity contribution >= 4 is 5.97 Å². The van der Waals surface area contributed by atoms with E-state index >= 15 is 0 Å². The molecule has 1 fully saturated rings. The first-order valence-electron chi connectivity index (χ1n) is 6.56. The van der Waals surface area contributed by atoms with Crippen molar-refractivity contribution in [3.63, 3.8) is 0 Å². The Hall–Kier alpha value is -1.43. The predicted octanol–water partition coefficient (Wildman–Crippen LogP) is 1.58. The third-order valence-corrected chi connectivity index (χ3v) is 3.89. The van der Waals surface area contributed by atoms with Crippen molar-refractivity contribution in [2.24, 2.45) is 11.7 Å². The first kappa shape index (κ1) is 13.0. The van der Waals surface area contributed by atoms with Crippen LogP contribution in [0.15, 0.2) is 0 Å². The van der Waals surface area contributed by atoms with Crippen molar-refractivity contribution in [2.45, 2.75) is 51.6 Å². The van der Waals surface area contributed by atoms with Crippen LogP contribution in [-0.2, 0) is 6.54 Å². The number of hydrogen-bond donors (Lipinski definition) is 2. The monoisotopic (exact) mass is 252 g/mol. The van der Waals surface area contributed by atoms with Crippen LogP contribution >= 0.6 is 0 Å². The predicted molar refractivity (Wildman–Crippen MR) is 66.2 cm³/mol. The van der Waals surface area contributed by atoms with E-state index in [-0.39, 0.29) is 18.3 Å². The first-order chi connectivity index (χ1) is 8.69. The second kappa shape index (κ2) is 5.48. The summed E-state index contributed by atoms with van der Waals surface area (Å²) in [6.45, 7) is 2.34. The number of nitrogens with two attached hydrogens (primary N) is 1. The fourth-order valence-electron chi connectivity index (χ4n) is 2.92. The van der Waals surface area contributed by atoms with E-state index in [4.69, 9.17) is 10.8 Å². The SMILES string of the molecule is CCC1CCCCC1n1nnc(C(=O)O)c1CN. The van der Waals surface area contributed by atoms with Crippen LogP contribution in [0.25, 0.3) is 0 Å². The van der Waals surface area contributed by atoms with Crippen LogP contribution in [0.5, 0.6) is 0 Å². The van der Waals surface area contributed by atoms with Crippen LogP contribution in [0.3, 0.4) is 0 Å². The van der Waals surface area contributed by atoms with Gasteiger partial charge in [-0.1, -0.05) is 31.4 Å². The lowest BCUT2D eigenvalue weighted by molar-refractivity contribution is 0.0689. The Morgan fingerprint density at radius 1 is 1.50 bits per heavy atom. The van der Waals surface area contributed by atoms with Crippen LogP contribution in [0, 0.1) is 5.92 Å². The largest absolute Gasteiger partial charge is 0.476 e. The van der Waals surface area contributed by atoms with Crippen molar-refractivity contribution in [2.75, 3.05) is 0 Å². The molecular formula is C12H20N4O2. The Labute approximate surface area is 106 Å². The molecule has 100 valence electrons. The molecule has 1 aliphatic rings. The van der Waals surface area contributed by atoms with Gasteiger partial charge in [0.25, 0.3) is 0 Å². The summed E-state index contributed by atoms with van der Waals surface area (Å²) in [5.74, 6) is -0.502. The lowest BCUT2D eigenvalue weighted by atomic mass is 9.83. The standard InChI is InChI=1S/C12H20N4O2/c1-2-8-5-3-4-6-9(8)16-10(7-13)11(12(17)18)14-15-16/h8-9H,2-7,13H2,1H3,(H,17,18). The Bertz CT molecular complexity index is 430. The molecule has 0 radical (unpaired) electrons. The molecule has 6 heteroatoms. The summed E-state index contributed by atoms with van der Waals surface area (Å²) in [4.78, 5) is 11.1. The molecule has 6 nitrogen and oxygen atoms in total. The molecule has 0 aliphatic heterocycles. The number of aromatic carboxylic acids is 1. The maximum Gasteiger partial charge on any atom is 0.358 e. The maximum absolute atomic E-state index is 11.1. The second-order valence-electron chi connectivity index (χ2n) is 4.86. The molecule has 1 saturated carbocycles. The third-order valence-electron chi connectivity index (χ3n) is 3.89. The van der Waals surface area contributed by atoms with Crippen molar-refractivity contribution in [1.29, 1.82) is 0 Å². The van der Waals surface area contributed by atoms with Crippen molar-refractivity contribution in [3.05, 3.63) is 11.4 Å². The Morgan fingerprint density at radius 3 is 2.83 bits per heavy atom. The van der Waals surface area contributed by atoms with E-state index in [1.165, 1.54) is 12.8 Å². The highest BCUT2D eigenvalue weighted by Gasteiger charge is 2.29. The Balaban J connectivity index is 2.34. The number of carbonyl (C=O) groups is 1. The van der Waals surface area contributed by atoms with Gasteiger partial charge < -0.3 is 10.8 Å². The molecule has 1 heterocycles. The third kappa shape index (κ3) is 2.25. The topological polar surface area (TPSA) is 94.0 Å². The van der Waals surface area contributed by atoms with Gasteiger partial charge in [0.05, 0.1) is 11.7 Å². The molecule has 1 aromatic heterocycles. The second-order valence-corrected chi connectivity index (χ2v) is 4.86. The average Bonchev–Trinajstić information content (AvgIpc) is 2.82. The van der Waals surface area contributed by atoms with Gasteiger partial charge in [0.15, 0.2) is 5.69 Å². The normalized spacial score (nSPS) is 24.1. The Morgan fingerprint density at radius 2 is 2.22 bits per heavy atom. The van der Waals surface area contributed by atoms with Crippen molar-refractivity contribution in [1.82, 2.24) is 15.0 Å². The molecule has 18 heavy (non-hydrogen) atoms. The molecule has 3 N–H and O–H groups in total. The van der Waals surface area contributed by atoms with Crippen LogP contribution in [0.1, 0.15) is 61.3 Å². The number of hydrogen-bond acceptors (Lipinski definition) is 4. The Kier molecular flexibility index (Phi) is 3.96. The molecule has 0 amide bonds. The highest BCUT2D eigenvalue weighted by Crippen LogP contribution is 2.36. The molecule has 0 aromatic carbocycles. The molecular weight excluding hydrogens is 232 g/mol. The van der Waals surface area contributed by atoms with Gasteiger partial charge in [-0.25, -0.2) is 9.48 Å². The molecule has 2 rings (SSSR count). The minimum Gasteiger partial charge on any atom is -0.476 e. The van der Waals surface area contributed by atoms with Gasteiger partial charge in [0.2, 0.25) is 0 Å². The number of nitrogens with zero attached hydrogens (tertiary/aromatic N) is 3. The van der Waals surface area contributed by atoms with Crippen LogP contribution in [0.2, 0.25) is 0 Å². The van der Waals surface area contributed by atoms with E-state index in [1.54, 1.807) is 4.68 Å². The van der Waals surface area contributed by atoms with Gasteiger partial charge >= 0.3 is 5.97 Å². The van der Waals surface area contributed by atoms with Gasteiger partial charge in [-0.3, -0.25) is 0 Å². The summed E-state index contributed by atoms with van der Waals surface area (Å²) in [6.07, 6.45) is 5.69. The number of carboxylic acid groups (broad SMARTS) is 1. The van der Waals surface area contributed by atoms with Gasteiger partial charge in [0.1, 0.15) is 0 Å². The van der Waals surface area contributed by atoms with E-state index in [0.717, 1.165) is 19.3 Å². The lowest BCUT2D eigenvalue weighted by Crippen LogP contribution is -2.26. The highest BCUT2D eigenvalue weighted by atomic mass is 16.4. The summed E-state index contributed by atoms with van der Waals surface area (Å²) in [6, 6.07) is 0.253. The quantitative estimate of drug-likeness (QED) is 0.848. The van der Waals surface area contributed by atoms with Gasteiger partial charge in [-0.05, 0) is 18.8 Å².